The summed E-state index contributed by atoms with van der Waals surface area (Å²) in [5, 5.41) is 14.3. The van der Waals surface area contributed by atoms with Crippen molar-refractivity contribution in [2.24, 2.45) is 11.5 Å². The first-order valence-corrected chi connectivity index (χ1v) is 11.2. The third kappa shape index (κ3) is 4.23. The van der Waals surface area contributed by atoms with E-state index in [9.17, 15) is 5.11 Å². The molecule has 0 aliphatic carbocycles. The van der Waals surface area contributed by atoms with Crippen LogP contribution in [0.1, 0.15) is 25.7 Å². The molecule has 3 aromatic rings. The molecule has 2 aliphatic rings. The lowest BCUT2D eigenvalue weighted by Gasteiger charge is -2.35. The summed E-state index contributed by atoms with van der Waals surface area (Å²) in [4.78, 5) is 22.8. The summed E-state index contributed by atoms with van der Waals surface area (Å²) < 4.78 is 0. The van der Waals surface area contributed by atoms with E-state index in [0.717, 1.165) is 43.4 Å². The Balaban J connectivity index is 1.53. The zero-order chi connectivity index (χ0) is 22.1. The van der Waals surface area contributed by atoms with Crippen LogP contribution in [0.25, 0.3) is 10.9 Å². The molecule has 4 heterocycles. The number of aromatic hydroxyl groups is 1. The Bertz CT molecular complexity index is 1090. The molecule has 2 atom stereocenters. The summed E-state index contributed by atoms with van der Waals surface area (Å²) in [5.41, 5.74) is 13.7. The minimum atomic E-state index is -0.0162. The zero-order valence-electron chi connectivity index (χ0n) is 18.0. The lowest BCUT2D eigenvalue weighted by atomic mass is 10.0. The maximum absolute atomic E-state index is 10.2. The number of rotatable bonds is 4. The highest BCUT2D eigenvalue weighted by atomic mass is 16.3. The molecular formula is C22H29N9O. The van der Waals surface area contributed by atoms with E-state index >= 15 is 0 Å². The second-order valence-corrected chi connectivity index (χ2v) is 8.62. The molecule has 0 radical (unpaired) electrons. The summed E-state index contributed by atoms with van der Waals surface area (Å²) in [6.07, 6.45) is 5.92. The molecule has 10 heteroatoms. The number of nitrogens with zero attached hydrogens (tertiary/aromatic N) is 6. The second kappa shape index (κ2) is 8.71. The molecule has 0 bridgehead atoms. The molecule has 0 saturated carbocycles. The number of benzene rings is 1. The summed E-state index contributed by atoms with van der Waals surface area (Å²) in [5.74, 6) is 1.81. The van der Waals surface area contributed by atoms with E-state index in [-0.39, 0.29) is 17.8 Å². The van der Waals surface area contributed by atoms with Gasteiger partial charge in [-0.15, -0.1) is 0 Å². The first kappa shape index (κ1) is 20.7. The van der Waals surface area contributed by atoms with Gasteiger partial charge in [-0.1, -0.05) is 0 Å². The fraction of sp³-hybridized carbons (Fsp3) is 0.455. The predicted octanol–water partition coefficient (Wildman–Crippen LogP) is 1.72. The summed E-state index contributed by atoms with van der Waals surface area (Å²) in [7, 11) is 0. The topological polar surface area (TPSA) is 142 Å². The van der Waals surface area contributed by atoms with Crippen LogP contribution in [0.4, 0.5) is 23.5 Å². The molecule has 5 rings (SSSR count). The predicted molar refractivity (Wildman–Crippen MR) is 125 cm³/mol. The van der Waals surface area contributed by atoms with Crippen molar-refractivity contribution in [3.05, 3.63) is 30.5 Å². The Hall–Kier alpha value is -3.24. The number of fused-ring (bicyclic) bond motifs is 1. The summed E-state index contributed by atoms with van der Waals surface area (Å²) in [6.45, 7) is 3.16. The van der Waals surface area contributed by atoms with Gasteiger partial charge in [0.15, 0.2) is 0 Å². The molecule has 0 amide bonds. The maximum atomic E-state index is 10.2. The van der Waals surface area contributed by atoms with E-state index in [4.69, 9.17) is 26.4 Å². The third-order valence-corrected chi connectivity index (χ3v) is 6.04. The Kier molecular flexibility index (Phi) is 5.62. The van der Waals surface area contributed by atoms with Crippen LogP contribution in [0.15, 0.2) is 30.5 Å². The number of pyridine rings is 1. The molecule has 2 aliphatic heterocycles. The number of phenolic OH excluding ortho intramolecular Hbond substituents is 1. The van der Waals surface area contributed by atoms with E-state index in [1.807, 2.05) is 12.1 Å². The van der Waals surface area contributed by atoms with Gasteiger partial charge >= 0.3 is 0 Å². The summed E-state index contributed by atoms with van der Waals surface area (Å²) in [6, 6.07) is 7.13. The van der Waals surface area contributed by atoms with Gasteiger partial charge in [-0.25, -0.2) is 0 Å². The van der Waals surface area contributed by atoms with Crippen molar-refractivity contribution in [1.29, 1.82) is 0 Å². The first-order valence-electron chi connectivity index (χ1n) is 11.2. The lowest BCUT2D eigenvalue weighted by molar-refractivity contribution is 0.446. The number of piperidine rings is 2. The number of aromatic nitrogens is 4. The van der Waals surface area contributed by atoms with Crippen molar-refractivity contribution in [3.8, 4) is 5.75 Å². The molecular weight excluding hydrogens is 406 g/mol. The normalized spacial score (nSPS) is 21.7. The Morgan fingerprint density at radius 1 is 0.906 bits per heavy atom. The van der Waals surface area contributed by atoms with Gasteiger partial charge in [-0.3, -0.25) is 4.98 Å². The average molecular weight is 436 g/mol. The molecule has 168 valence electrons. The molecule has 6 N–H and O–H groups in total. The Morgan fingerprint density at radius 3 is 2.38 bits per heavy atom. The van der Waals surface area contributed by atoms with Gasteiger partial charge in [0.2, 0.25) is 17.8 Å². The number of hydrogen-bond acceptors (Lipinski definition) is 10. The van der Waals surface area contributed by atoms with Gasteiger partial charge in [-0.05, 0) is 49.9 Å². The highest BCUT2D eigenvalue weighted by Crippen LogP contribution is 2.31. The maximum Gasteiger partial charge on any atom is 0.233 e. The van der Waals surface area contributed by atoms with E-state index in [1.165, 1.54) is 6.42 Å². The van der Waals surface area contributed by atoms with Gasteiger partial charge in [0.05, 0.1) is 5.69 Å². The monoisotopic (exact) mass is 435 g/mol. The molecule has 10 nitrogen and oxygen atoms in total. The second-order valence-electron chi connectivity index (χ2n) is 8.62. The highest BCUT2D eigenvalue weighted by molar-refractivity contribution is 5.96. The fourth-order valence-electron chi connectivity index (χ4n) is 4.52. The number of hydrogen-bond donors (Lipinski definition) is 4. The van der Waals surface area contributed by atoms with Gasteiger partial charge < -0.3 is 31.7 Å². The van der Waals surface area contributed by atoms with Gasteiger partial charge in [0.1, 0.15) is 11.3 Å². The SMILES string of the molecule is N[C@@H]1C[C@H](N)CN(c2nc(Nc3ccc(O)c4ncccc34)nc(N3CCCCC3)n2)C1. The first-order chi connectivity index (χ1) is 15.6. The molecule has 0 unspecified atom stereocenters. The largest absolute Gasteiger partial charge is 0.506 e. The highest BCUT2D eigenvalue weighted by Gasteiger charge is 2.26. The van der Waals surface area contributed by atoms with E-state index in [2.05, 4.69) is 20.1 Å². The van der Waals surface area contributed by atoms with Crippen molar-refractivity contribution in [1.82, 2.24) is 19.9 Å². The molecule has 1 aromatic carbocycles. The quantitative estimate of drug-likeness (QED) is 0.447. The van der Waals surface area contributed by atoms with E-state index in [1.54, 1.807) is 18.3 Å². The number of nitrogens with two attached hydrogens (primary N) is 2. The van der Waals surface area contributed by atoms with Crippen LogP contribution in [0.3, 0.4) is 0 Å². The van der Waals surface area contributed by atoms with Gasteiger partial charge in [-0.2, -0.15) is 15.0 Å². The minimum Gasteiger partial charge on any atom is -0.506 e. The van der Waals surface area contributed by atoms with Crippen LogP contribution in [0.5, 0.6) is 5.75 Å². The summed E-state index contributed by atoms with van der Waals surface area (Å²) >= 11 is 0. The molecule has 2 fully saturated rings. The van der Waals surface area contributed by atoms with Crippen LogP contribution in [-0.2, 0) is 0 Å². The Labute approximate surface area is 186 Å². The number of anilines is 4. The minimum absolute atomic E-state index is 0.0162. The molecule has 0 spiro atoms. The van der Waals surface area contributed by atoms with Crippen LogP contribution in [0.2, 0.25) is 0 Å². The van der Waals surface area contributed by atoms with E-state index < -0.39 is 0 Å². The average Bonchev–Trinajstić information content (AvgIpc) is 2.81. The fourth-order valence-corrected chi connectivity index (χ4v) is 4.52. The molecule has 2 saturated heterocycles. The van der Waals surface area contributed by atoms with Crippen LogP contribution >= 0.6 is 0 Å². The van der Waals surface area contributed by atoms with Crippen molar-refractivity contribution in [3.63, 3.8) is 0 Å². The number of nitrogens with one attached hydrogen (secondary N) is 1. The van der Waals surface area contributed by atoms with Gasteiger partial charge in [0, 0.05) is 49.8 Å². The van der Waals surface area contributed by atoms with Gasteiger partial charge in [0.25, 0.3) is 0 Å². The van der Waals surface area contributed by atoms with Crippen LogP contribution in [-0.4, -0.2) is 63.3 Å². The standard InChI is InChI=1S/C22H29N9O/c23-14-11-15(24)13-31(12-14)22-28-20(27-21(29-22)30-9-2-1-3-10-30)26-17-6-7-18(32)19-16(17)5-4-8-25-19/h4-8,14-15,32H,1-3,9-13,23-24H2,(H,26,27,28,29)/t14-,15+. The molecule has 32 heavy (non-hydrogen) atoms. The van der Waals surface area contributed by atoms with Crippen LogP contribution < -0.4 is 26.6 Å². The third-order valence-electron chi connectivity index (χ3n) is 6.04. The van der Waals surface area contributed by atoms with Crippen molar-refractivity contribution in [2.75, 3.05) is 41.3 Å². The van der Waals surface area contributed by atoms with Crippen molar-refractivity contribution >= 4 is 34.4 Å². The Morgan fingerprint density at radius 2 is 1.62 bits per heavy atom. The number of phenols is 1. The molecule has 2 aromatic heterocycles. The zero-order valence-corrected chi connectivity index (χ0v) is 18.0. The van der Waals surface area contributed by atoms with Crippen LogP contribution in [0, 0.1) is 0 Å². The van der Waals surface area contributed by atoms with Crippen molar-refractivity contribution in [2.45, 2.75) is 37.8 Å². The van der Waals surface area contributed by atoms with Crippen molar-refractivity contribution < 1.29 is 5.11 Å². The smallest absolute Gasteiger partial charge is 0.233 e. The van der Waals surface area contributed by atoms with E-state index in [0.29, 0.717) is 36.5 Å². The lowest BCUT2D eigenvalue weighted by Crippen LogP contribution is -2.53.